The molecule has 114 valence electrons. The van der Waals surface area contributed by atoms with Crippen LogP contribution < -0.4 is 5.01 Å². The summed E-state index contributed by atoms with van der Waals surface area (Å²) >= 11 is 0. The van der Waals surface area contributed by atoms with Gasteiger partial charge in [-0.05, 0) is 57.6 Å². The van der Waals surface area contributed by atoms with Crippen LogP contribution in [0.15, 0.2) is 23.2 Å². The summed E-state index contributed by atoms with van der Waals surface area (Å²) in [5.74, 6) is 0. The van der Waals surface area contributed by atoms with E-state index in [1.54, 1.807) is 6.34 Å². The molecule has 0 amide bonds. The summed E-state index contributed by atoms with van der Waals surface area (Å²) in [6.45, 7) is 8.74. The van der Waals surface area contributed by atoms with Gasteiger partial charge in [0.2, 0.25) is 0 Å². The monoisotopic (exact) mass is 295 g/mol. The SMILES string of the molecule is CC(C)(C#N)c1cc(C[NH+]2C=NC[N-]2)cc(C(C)(C)C#N)c1. The molecule has 2 rings (SSSR count). The van der Waals surface area contributed by atoms with Crippen molar-refractivity contribution in [3.63, 3.8) is 0 Å². The molecule has 5 nitrogen and oxygen atoms in total. The highest BCUT2D eigenvalue weighted by molar-refractivity contribution is 5.47. The van der Waals surface area contributed by atoms with Crippen LogP contribution in [-0.4, -0.2) is 13.0 Å². The Bertz CT molecular complexity index is 629. The number of benzene rings is 1. The van der Waals surface area contributed by atoms with Crippen LogP contribution in [-0.2, 0) is 17.4 Å². The lowest BCUT2D eigenvalue weighted by atomic mass is 9.79. The first-order valence-corrected chi connectivity index (χ1v) is 7.29. The molecular formula is C17H21N5. The maximum atomic E-state index is 9.41. The van der Waals surface area contributed by atoms with Crippen molar-refractivity contribution >= 4 is 6.34 Å². The molecule has 1 unspecified atom stereocenters. The molecule has 1 aliphatic heterocycles. The predicted octanol–water partition coefficient (Wildman–Crippen LogP) is 1.96. The standard InChI is InChI=1S/C17H21N5/c1-16(2,9-18)14-5-13(8-22-12-20-11-21-22)6-15(7-14)17(3,4)10-19/h5-7,12,22H,8,11H2,1-4H3. The quantitative estimate of drug-likeness (QED) is 0.921. The van der Waals surface area contributed by atoms with E-state index >= 15 is 0 Å². The lowest BCUT2D eigenvalue weighted by molar-refractivity contribution is -0.767. The molecule has 0 aromatic heterocycles. The fourth-order valence-electron chi connectivity index (χ4n) is 2.27. The third-order valence-electron chi connectivity index (χ3n) is 3.98. The molecule has 0 radical (unpaired) electrons. The van der Waals surface area contributed by atoms with E-state index in [4.69, 9.17) is 0 Å². The third kappa shape index (κ3) is 3.33. The van der Waals surface area contributed by atoms with Crippen LogP contribution in [0.5, 0.6) is 0 Å². The van der Waals surface area contributed by atoms with Gasteiger partial charge < -0.3 is 10.4 Å². The van der Waals surface area contributed by atoms with Crippen molar-refractivity contribution in [3.8, 4) is 12.1 Å². The largest absolute Gasteiger partial charge is 0.427 e. The Morgan fingerprint density at radius 3 is 2.05 bits per heavy atom. The molecule has 0 saturated carbocycles. The van der Waals surface area contributed by atoms with Gasteiger partial charge in [-0.25, -0.2) is 0 Å². The first-order chi connectivity index (χ1) is 10.3. The summed E-state index contributed by atoms with van der Waals surface area (Å²) in [5, 5.41) is 19.8. The fraction of sp³-hybridized carbons (Fsp3) is 0.471. The van der Waals surface area contributed by atoms with E-state index in [2.05, 4.69) is 22.6 Å². The molecule has 0 aliphatic carbocycles. The van der Waals surface area contributed by atoms with Crippen molar-refractivity contribution in [1.29, 1.82) is 10.5 Å². The van der Waals surface area contributed by atoms with E-state index in [1.165, 1.54) is 0 Å². The number of rotatable bonds is 4. The van der Waals surface area contributed by atoms with E-state index in [-0.39, 0.29) is 0 Å². The molecule has 0 bridgehead atoms. The normalized spacial score (nSPS) is 18.0. The van der Waals surface area contributed by atoms with Gasteiger partial charge >= 0.3 is 0 Å². The smallest absolute Gasteiger partial charge is 0.172 e. The Kier molecular flexibility index (Phi) is 4.32. The molecule has 1 heterocycles. The zero-order chi connectivity index (χ0) is 16.4. The number of nitriles is 2. The highest BCUT2D eigenvalue weighted by Crippen LogP contribution is 2.30. The van der Waals surface area contributed by atoms with Gasteiger partial charge in [0.05, 0.1) is 29.5 Å². The molecule has 5 heteroatoms. The van der Waals surface area contributed by atoms with Crippen molar-refractivity contribution in [2.75, 3.05) is 6.67 Å². The van der Waals surface area contributed by atoms with Crippen LogP contribution in [0.25, 0.3) is 5.43 Å². The summed E-state index contributed by atoms with van der Waals surface area (Å²) in [7, 11) is 0. The Morgan fingerprint density at radius 2 is 1.64 bits per heavy atom. The van der Waals surface area contributed by atoms with Crippen LogP contribution in [0.3, 0.4) is 0 Å². The van der Waals surface area contributed by atoms with Crippen molar-refractivity contribution in [2.24, 2.45) is 4.99 Å². The van der Waals surface area contributed by atoms with E-state index in [1.807, 2.05) is 45.9 Å². The van der Waals surface area contributed by atoms with Gasteiger partial charge in [0, 0.05) is 5.56 Å². The zero-order valence-electron chi connectivity index (χ0n) is 13.5. The average molecular weight is 295 g/mol. The lowest BCUT2D eigenvalue weighted by Gasteiger charge is -2.25. The van der Waals surface area contributed by atoms with Crippen molar-refractivity contribution < 1.29 is 5.01 Å². The topological polar surface area (TPSA) is 78.5 Å². The van der Waals surface area contributed by atoms with Gasteiger partial charge in [-0.2, -0.15) is 10.5 Å². The molecule has 0 saturated heterocycles. The molecule has 1 aromatic carbocycles. The average Bonchev–Trinajstić information content (AvgIpc) is 2.99. The first-order valence-electron chi connectivity index (χ1n) is 7.29. The molecule has 1 aliphatic rings. The summed E-state index contributed by atoms with van der Waals surface area (Å²) in [6.07, 6.45) is 1.79. The van der Waals surface area contributed by atoms with Crippen LogP contribution in [0.2, 0.25) is 0 Å². The van der Waals surface area contributed by atoms with E-state index in [9.17, 15) is 10.5 Å². The van der Waals surface area contributed by atoms with E-state index < -0.39 is 10.8 Å². The minimum Gasteiger partial charge on any atom is -0.427 e. The van der Waals surface area contributed by atoms with Gasteiger partial charge in [0.1, 0.15) is 0 Å². The Balaban J connectivity index is 2.47. The number of aliphatic imine (C=N–C) groups is 1. The van der Waals surface area contributed by atoms with E-state index in [0.29, 0.717) is 13.2 Å². The van der Waals surface area contributed by atoms with Gasteiger partial charge in [0.25, 0.3) is 0 Å². The summed E-state index contributed by atoms with van der Waals surface area (Å²) in [5.41, 5.74) is 6.05. The van der Waals surface area contributed by atoms with Crippen molar-refractivity contribution in [1.82, 2.24) is 0 Å². The molecule has 0 spiro atoms. The van der Waals surface area contributed by atoms with Crippen LogP contribution in [0, 0.1) is 22.7 Å². The van der Waals surface area contributed by atoms with Crippen LogP contribution >= 0.6 is 0 Å². The van der Waals surface area contributed by atoms with Crippen LogP contribution in [0.4, 0.5) is 0 Å². The highest BCUT2D eigenvalue weighted by Gasteiger charge is 2.26. The zero-order valence-corrected chi connectivity index (χ0v) is 13.5. The number of nitrogens with zero attached hydrogens (tertiary/aromatic N) is 4. The second kappa shape index (κ2) is 5.88. The maximum absolute atomic E-state index is 9.41. The number of hydrogen-bond donors (Lipinski definition) is 1. The summed E-state index contributed by atoms with van der Waals surface area (Å²) in [4.78, 5) is 4.10. The van der Waals surface area contributed by atoms with Gasteiger partial charge in [-0.3, -0.25) is 4.99 Å². The van der Waals surface area contributed by atoms with Gasteiger partial charge in [-0.1, -0.05) is 6.07 Å². The lowest BCUT2D eigenvalue weighted by Crippen LogP contribution is -3.04. The van der Waals surface area contributed by atoms with Crippen molar-refractivity contribution in [2.45, 2.75) is 45.1 Å². The molecule has 1 N–H and O–H groups in total. The molecule has 1 aromatic rings. The minimum absolute atomic E-state index is 0.495. The maximum Gasteiger partial charge on any atom is 0.172 e. The number of hydrogen-bond acceptors (Lipinski definition) is 3. The van der Waals surface area contributed by atoms with Gasteiger partial charge in [-0.15, -0.1) is 0 Å². The minimum atomic E-state index is -0.595. The Labute approximate surface area is 131 Å². The van der Waals surface area contributed by atoms with E-state index in [0.717, 1.165) is 21.7 Å². The molecular weight excluding hydrogens is 274 g/mol. The highest BCUT2D eigenvalue weighted by atomic mass is 15.6. The summed E-state index contributed by atoms with van der Waals surface area (Å²) in [6, 6.07) is 10.7. The first kappa shape index (κ1) is 16.2. The van der Waals surface area contributed by atoms with Gasteiger partial charge in [0.15, 0.2) is 6.34 Å². The molecule has 0 fully saturated rings. The Morgan fingerprint density at radius 1 is 1.09 bits per heavy atom. The number of quaternary nitrogens is 1. The Hall–Kier alpha value is -2.21. The predicted molar refractivity (Wildman–Crippen MR) is 85.1 cm³/mol. The van der Waals surface area contributed by atoms with Crippen LogP contribution in [0.1, 0.15) is 44.4 Å². The number of nitrogens with one attached hydrogen (secondary N) is 1. The second-order valence-corrected chi connectivity index (χ2v) is 6.67. The second-order valence-electron chi connectivity index (χ2n) is 6.67. The third-order valence-corrected chi connectivity index (χ3v) is 3.98. The molecule has 1 atom stereocenters. The summed E-state index contributed by atoms with van der Waals surface area (Å²) < 4.78 is 0. The fourth-order valence-corrected chi connectivity index (χ4v) is 2.27. The van der Waals surface area contributed by atoms with Crippen molar-refractivity contribution in [3.05, 3.63) is 40.3 Å². The molecule has 22 heavy (non-hydrogen) atoms.